The van der Waals surface area contributed by atoms with Crippen molar-refractivity contribution in [3.63, 3.8) is 0 Å². The molecule has 0 unspecified atom stereocenters. The fraction of sp³-hybridized carbons (Fsp3) is 0.300. The first-order valence-corrected chi connectivity index (χ1v) is 5.12. The lowest BCUT2D eigenvalue weighted by atomic mass is 10.1. The van der Waals surface area contributed by atoms with Crippen molar-refractivity contribution in [2.24, 2.45) is 5.84 Å². The molecule has 0 aliphatic carbocycles. The van der Waals surface area contributed by atoms with Gasteiger partial charge in [0.1, 0.15) is 5.75 Å². The lowest BCUT2D eigenvalue weighted by Crippen LogP contribution is -2.40. The minimum atomic E-state index is -0.416. The smallest absolute Gasteiger partial charge is 0.328 e. The third-order valence-electron chi connectivity index (χ3n) is 2.05. The van der Waals surface area contributed by atoms with Crippen LogP contribution in [-0.2, 0) is 6.42 Å². The predicted octanol–water partition coefficient (Wildman–Crippen LogP) is 1.06. The number of hydrogen-bond acceptors (Lipinski definition) is 3. The number of ether oxygens (including phenoxy) is 1. The highest BCUT2D eigenvalue weighted by atomic mass is 35.5. The second-order valence-electron chi connectivity index (χ2n) is 3.11. The molecule has 0 aromatic heterocycles. The Bertz CT molecular complexity index is 371. The lowest BCUT2D eigenvalue weighted by molar-refractivity contribution is 0.241. The van der Waals surface area contributed by atoms with E-state index >= 15 is 0 Å². The van der Waals surface area contributed by atoms with Crippen LogP contribution in [0.1, 0.15) is 5.56 Å². The van der Waals surface area contributed by atoms with Crippen molar-refractivity contribution in [1.82, 2.24) is 10.7 Å². The number of nitrogens with two attached hydrogens (primary N) is 1. The molecule has 0 atom stereocenters. The standard InChI is InChI=1S/C10H14ClN3O2/c1-16-9-3-2-8(11)6-7(9)4-5-13-10(15)14-12/h2-3,6H,4-5,12H2,1H3,(H2,13,14,15). The molecule has 0 saturated heterocycles. The number of hydrogen-bond donors (Lipinski definition) is 3. The molecule has 1 aromatic carbocycles. The van der Waals surface area contributed by atoms with E-state index in [0.717, 1.165) is 11.3 Å². The van der Waals surface area contributed by atoms with Gasteiger partial charge in [-0.15, -0.1) is 0 Å². The molecule has 0 spiro atoms. The van der Waals surface area contributed by atoms with Gasteiger partial charge in [0.25, 0.3) is 0 Å². The van der Waals surface area contributed by atoms with Gasteiger partial charge in [-0.05, 0) is 30.2 Å². The highest BCUT2D eigenvalue weighted by Crippen LogP contribution is 2.22. The largest absolute Gasteiger partial charge is 0.496 e. The first kappa shape index (κ1) is 12.6. The number of urea groups is 1. The molecule has 4 N–H and O–H groups in total. The summed E-state index contributed by atoms with van der Waals surface area (Å²) in [5, 5.41) is 3.22. The van der Waals surface area contributed by atoms with Crippen LogP contribution < -0.4 is 21.3 Å². The van der Waals surface area contributed by atoms with Gasteiger partial charge in [0.2, 0.25) is 0 Å². The van der Waals surface area contributed by atoms with E-state index in [0.29, 0.717) is 18.0 Å². The molecule has 0 fully saturated rings. The Morgan fingerprint density at radius 1 is 1.56 bits per heavy atom. The van der Waals surface area contributed by atoms with Crippen molar-refractivity contribution in [3.05, 3.63) is 28.8 Å². The number of carbonyl (C=O) groups is 1. The average molecular weight is 244 g/mol. The van der Waals surface area contributed by atoms with Gasteiger partial charge in [0, 0.05) is 11.6 Å². The molecular formula is C10H14ClN3O2. The summed E-state index contributed by atoms with van der Waals surface area (Å²) in [4.78, 5) is 10.8. The Balaban J connectivity index is 2.58. The maximum atomic E-state index is 10.8. The quantitative estimate of drug-likeness (QED) is 0.421. The number of hydrazine groups is 1. The molecule has 0 aliphatic heterocycles. The number of amides is 2. The van der Waals surface area contributed by atoms with Crippen molar-refractivity contribution in [3.8, 4) is 5.75 Å². The van der Waals surface area contributed by atoms with Gasteiger partial charge in [-0.1, -0.05) is 11.6 Å². The molecule has 0 radical (unpaired) electrons. The Kier molecular flexibility index (Phi) is 4.88. The van der Waals surface area contributed by atoms with Crippen LogP contribution in [0, 0.1) is 0 Å². The molecule has 0 saturated carbocycles. The zero-order chi connectivity index (χ0) is 12.0. The van der Waals surface area contributed by atoms with Crippen molar-refractivity contribution in [2.75, 3.05) is 13.7 Å². The fourth-order valence-electron chi connectivity index (χ4n) is 1.30. The van der Waals surface area contributed by atoms with Crippen molar-refractivity contribution in [2.45, 2.75) is 6.42 Å². The summed E-state index contributed by atoms with van der Waals surface area (Å²) < 4.78 is 5.17. The SMILES string of the molecule is COc1ccc(Cl)cc1CCNC(=O)NN. The van der Waals surface area contributed by atoms with Crippen LogP contribution in [0.15, 0.2) is 18.2 Å². The monoisotopic (exact) mass is 243 g/mol. The molecule has 88 valence electrons. The topological polar surface area (TPSA) is 76.4 Å². The van der Waals surface area contributed by atoms with E-state index in [4.69, 9.17) is 22.2 Å². The summed E-state index contributed by atoms with van der Waals surface area (Å²) in [6.45, 7) is 0.458. The number of carbonyl (C=O) groups excluding carboxylic acids is 1. The minimum absolute atomic E-state index is 0.416. The van der Waals surface area contributed by atoms with Gasteiger partial charge in [0.15, 0.2) is 0 Å². The van der Waals surface area contributed by atoms with Gasteiger partial charge in [-0.2, -0.15) is 0 Å². The van der Waals surface area contributed by atoms with Crippen LogP contribution in [0.5, 0.6) is 5.75 Å². The van der Waals surface area contributed by atoms with Gasteiger partial charge >= 0.3 is 6.03 Å². The third-order valence-corrected chi connectivity index (χ3v) is 2.29. The normalized spacial score (nSPS) is 9.69. The zero-order valence-electron chi connectivity index (χ0n) is 8.92. The summed E-state index contributed by atoms with van der Waals surface area (Å²) in [5.74, 6) is 5.67. The van der Waals surface area contributed by atoms with Gasteiger partial charge in [0.05, 0.1) is 7.11 Å². The van der Waals surface area contributed by atoms with Gasteiger partial charge < -0.3 is 10.1 Å². The van der Waals surface area contributed by atoms with Crippen LogP contribution >= 0.6 is 11.6 Å². The van der Waals surface area contributed by atoms with Crippen LogP contribution in [0.2, 0.25) is 5.02 Å². The van der Waals surface area contributed by atoms with E-state index in [1.54, 1.807) is 19.2 Å². The van der Waals surface area contributed by atoms with E-state index in [2.05, 4.69) is 5.32 Å². The molecule has 0 heterocycles. The Hall–Kier alpha value is -1.46. The predicted molar refractivity (Wildman–Crippen MR) is 62.4 cm³/mol. The Morgan fingerprint density at radius 3 is 2.94 bits per heavy atom. The molecule has 1 rings (SSSR count). The van der Waals surface area contributed by atoms with Crippen LogP contribution in [0.25, 0.3) is 0 Å². The summed E-state index contributed by atoms with van der Waals surface area (Å²) in [6.07, 6.45) is 0.622. The highest BCUT2D eigenvalue weighted by molar-refractivity contribution is 6.30. The number of benzene rings is 1. The van der Waals surface area contributed by atoms with Crippen molar-refractivity contribution in [1.29, 1.82) is 0 Å². The molecule has 1 aromatic rings. The first-order valence-electron chi connectivity index (χ1n) is 4.74. The first-order chi connectivity index (χ1) is 7.67. The van der Waals surface area contributed by atoms with E-state index < -0.39 is 6.03 Å². The Morgan fingerprint density at radius 2 is 2.31 bits per heavy atom. The summed E-state index contributed by atoms with van der Waals surface area (Å²) >= 11 is 5.87. The number of nitrogens with one attached hydrogen (secondary N) is 2. The number of methoxy groups -OCH3 is 1. The second-order valence-corrected chi connectivity index (χ2v) is 3.54. The molecule has 0 bridgehead atoms. The summed E-state index contributed by atoms with van der Waals surface area (Å²) in [6, 6.07) is 4.94. The zero-order valence-corrected chi connectivity index (χ0v) is 9.67. The second kappa shape index (κ2) is 6.19. The Labute approximate surface area is 98.9 Å². The lowest BCUT2D eigenvalue weighted by Gasteiger charge is -2.09. The number of rotatable bonds is 4. The van der Waals surface area contributed by atoms with Crippen LogP contribution in [0.3, 0.4) is 0 Å². The molecule has 6 heteroatoms. The maximum absolute atomic E-state index is 10.8. The maximum Gasteiger partial charge on any atom is 0.328 e. The van der Waals surface area contributed by atoms with Crippen LogP contribution in [0.4, 0.5) is 4.79 Å². The molecule has 2 amide bonds. The van der Waals surface area contributed by atoms with E-state index in [9.17, 15) is 4.79 Å². The summed E-state index contributed by atoms with van der Waals surface area (Å²) in [7, 11) is 1.59. The van der Waals surface area contributed by atoms with Crippen molar-refractivity contribution < 1.29 is 9.53 Å². The van der Waals surface area contributed by atoms with E-state index in [1.165, 1.54) is 0 Å². The van der Waals surface area contributed by atoms with Gasteiger partial charge in [-0.25, -0.2) is 10.6 Å². The van der Waals surface area contributed by atoms with Crippen LogP contribution in [-0.4, -0.2) is 19.7 Å². The molecular weight excluding hydrogens is 230 g/mol. The highest BCUT2D eigenvalue weighted by Gasteiger charge is 2.04. The minimum Gasteiger partial charge on any atom is -0.496 e. The van der Waals surface area contributed by atoms with Crippen molar-refractivity contribution >= 4 is 17.6 Å². The van der Waals surface area contributed by atoms with Gasteiger partial charge in [-0.3, -0.25) is 5.43 Å². The fourth-order valence-corrected chi connectivity index (χ4v) is 1.50. The number of halogens is 1. The van der Waals surface area contributed by atoms with E-state index in [-0.39, 0.29) is 0 Å². The molecule has 5 nitrogen and oxygen atoms in total. The summed E-state index contributed by atoms with van der Waals surface area (Å²) in [5.41, 5.74) is 2.92. The molecule has 16 heavy (non-hydrogen) atoms. The molecule has 0 aliphatic rings. The van der Waals surface area contributed by atoms with E-state index in [1.807, 2.05) is 11.5 Å². The average Bonchev–Trinajstić information content (AvgIpc) is 2.29. The third kappa shape index (κ3) is 3.60.